The number of ether oxygens (including phenoxy) is 2. The lowest BCUT2D eigenvalue weighted by molar-refractivity contribution is -0.0768. The van der Waals surface area contributed by atoms with Crippen molar-refractivity contribution in [1.82, 2.24) is 0 Å². The first-order chi connectivity index (χ1) is 16.6. The molecule has 2 atom stereocenters. The maximum Gasteiger partial charge on any atom is 0.226 e. The first-order valence-corrected chi connectivity index (χ1v) is 11.7. The topological polar surface area (TPSA) is 52.6 Å². The predicted molar refractivity (Wildman–Crippen MR) is 133 cm³/mol. The summed E-state index contributed by atoms with van der Waals surface area (Å²) in [6, 6.07) is 34.3. The molecule has 0 unspecified atom stereocenters. The van der Waals surface area contributed by atoms with Gasteiger partial charge in [-0.1, -0.05) is 119 Å². The number of hydrogen-bond donors (Lipinski definition) is 0. The van der Waals surface area contributed by atoms with Crippen LogP contribution >= 0.6 is 15.9 Å². The molecule has 0 saturated carbocycles. The van der Waals surface area contributed by atoms with Crippen LogP contribution in [0.2, 0.25) is 0 Å². The van der Waals surface area contributed by atoms with Gasteiger partial charge in [0.1, 0.15) is 6.10 Å². The van der Waals surface area contributed by atoms with E-state index in [1.807, 2.05) is 66.7 Å². The fraction of sp³-hybridized carbons (Fsp3) is 0.103. The molecule has 0 bridgehead atoms. The van der Waals surface area contributed by atoms with E-state index in [0.717, 1.165) is 10.0 Å². The summed E-state index contributed by atoms with van der Waals surface area (Å²) in [5.74, 6) is -0.874. The molecule has 5 heteroatoms. The van der Waals surface area contributed by atoms with Gasteiger partial charge in [-0.05, 0) is 17.7 Å². The first kappa shape index (κ1) is 22.4. The molecule has 1 aliphatic heterocycles. The summed E-state index contributed by atoms with van der Waals surface area (Å²) in [6.45, 7) is 0. The molecule has 0 amide bonds. The van der Waals surface area contributed by atoms with E-state index in [1.165, 1.54) is 0 Å². The lowest BCUT2D eigenvalue weighted by Crippen LogP contribution is -2.50. The fourth-order valence-electron chi connectivity index (χ4n) is 4.24. The van der Waals surface area contributed by atoms with Crippen molar-refractivity contribution in [2.75, 3.05) is 0 Å². The second-order valence-corrected chi connectivity index (χ2v) is 8.97. The second-order valence-electron chi connectivity index (χ2n) is 8.05. The van der Waals surface area contributed by atoms with E-state index >= 15 is 0 Å². The molecule has 0 radical (unpaired) electrons. The van der Waals surface area contributed by atoms with Gasteiger partial charge in [0.05, 0.1) is 0 Å². The molecule has 1 heterocycles. The molecule has 0 aliphatic carbocycles. The van der Waals surface area contributed by atoms with E-state index in [-0.39, 0.29) is 0 Å². The molecule has 4 aromatic carbocycles. The SMILES string of the molecule is O=C(c1ccccc1)C1(C(=O)c2ccccc2)O[C@H](c2ccccc2)O[C@@H]1c1ccc(Br)cc1. The van der Waals surface area contributed by atoms with Crippen LogP contribution in [-0.2, 0) is 9.47 Å². The molecule has 168 valence electrons. The highest BCUT2D eigenvalue weighted by Gasteiger charge is 2.61. The van der Waals surface area contributed by atoms with Crippen molar-refractivity contribution < 1.29 is 19.1 Å². The number of hydrogen-bond acceptors (Lipinski definition) is 4. The van der Waals surface area contributed by atoms with Gasteiger partial charge in [-0.3, -0.25) is 9.59 Å². The molecular formula is C29H21BrO4. The number of rotatable bonds is 6. The van der Waals surface area contributed by atoms with Crippen LogP contribution in [0.25, 0.3) is 0 Å². The molecule has 1 aliphatic rings. The number of carbonyl (C=O) groups excluding carboxylic acids is 2. The number of Topliss-reactive ketones (excluding diaryl/α,β-unsaturated/α-hetero) is 2. The molecule has 4 nitrogen and oxygen atoms in total. The first-order valence-electron chi connectivity index (χ1n) is 10.9. The molecule has 0 aromatic heterocycles. The average molecular weight is 513 g/mol. The van der Waals surface area contributed by atoms with Crippen LogP contribution in [0, 0.1) is 0 Å². The summed E-state index contributed by atoms with van der Waals surface area (Å²) < 4.78 is 13.7. The minimum Gasteiger partial charge on any atom is -0.336 e. The maximum absolute atomic E-state index is 14.2. The van der Waals surface area contributed by atoms with Crippen molar-refractivity contribution in [3.63, 3.8) is 0 Å². The lowest BCUT2D eigenvalue weighted by Gasteiger charge is -2.30. The van der Waals surface area contributed by atoms with Gasteiger partial charge < -0.3 is 9.47 Å². The standard InChI is InChI=1S/C29H21BrO4/c30-24-18-16-22(17-19-24)27-29(25(31)20-10-4-1-5-11-20,26(32)21-12-6-2-7-13-21)34-28(33-27)23-14-8-3-9-15-23/h1-19,27-28H/t27-,28-/m1/s1. The highest BCUT2D eigenvalue weighted by Crippen LogP contribution is 2.50. The summed E-state index contributed by atoms with van der Waals surface area (Å²) in [5, 5.41) is 0. The zero-order valence-electron chi connectivity index (χ0n) is 18.1. The van der Waals surface area contributed by atoms with Gasteiger partial charge in [-0.25, -0.2) is 0 Å². The van der Waals surface area contributed by atoms with Gasteiger partial charge in [0, 0.05) is 21.2 Å². The van der Waals surface area contributed by atoms with E-state index in [4.69, 9.17) is 9.47 Å². The van der Waals surface area contributed by atoms with Crippen LogP contribution < -0.4 is 0 Å². The average Bonchev–Trinajstić information content (AvgIpc) is 3.31. The highest BCUT2D eigenvalue weighted by atomic mass is 79.9. The molecule has 1 saturated heterocycles. The number of benzene rings is 4. The minimum absolute atomic E-state index is 0.381. The molecule has 0 spiro atoms. The summed E-state index contributed by atoms with van der Waals surface area (Å²) in [7, 11) is 0. The van der Waals surface area contributed by atoms with Crippen LogP contribution in [0.1, 0.15) is 44.2 Å². The smallest absolute Gasteiger partial charge is 0.226 e. The van der Waals surface area contributed by atoms with Crippen LogP contribution in [0.15, 0.2) is 120 Å². The maximum atomic E-state index is 14.2. The third-order valence-corrected chi connectivity index (χ3v) is 6.44. The Morgan fingerprint density at radius 2 is 1.09 bits per heavy atom. The van der Waals surface area contributed by atoms with Crippen LogP contribution in [-0.4, -0.2) is 17.2 Å². The van der Waals surface area contributed by atoms with Gasteiger partial charge >= 0.3 is 0 Å². The fourth-order valence-corrected chi connectivity index (χ4v) is 4.51. The van der Waals surface area contributed by atoms with E-state index in [2.05, 4.69) is 15.9 Å². The summed E-state index contributed by atoms with van der Waals surface area (Å²) >= 11 is 3.46. The van der Waals surface area contributed by atoms with Gasteiger partial charge in [-0.2, -0.15) is 0 Å². The summed E-state index contributed by atoms with van der Waals surface area (Å²) in [5.41, 5.74) is 0.262. The van der Waals surface area contributed by atoms with E-state index in [1.54, 1.807) is 48.5 Å². The summed E-state index contributed by atoms with van der Waals surface area (Å²) in [4.78, 5) is 28.4. The van der Waals surface area contributed by atoms with Crippen LogP contribution in [0.3, 0.4) is 0 Å². The van der Waals surface area contributed by atoms with Crippen LogP contribution in [0.4, 0.5) is 0 Å². The van der Waals surface area contributed by atoms with Crippen molar-refractivity contribution in [1.29, 1.82) is 0 Å². The van der Waals surface area contributed by atoms with Gasteiger partial charge in [-0.15, -0.1) is 0 Å². The van der Waals surface area contributed by atoms with Gasteiger partial charge in [0.25, 0.3) is 0 Å². The normalized spacial score (nSPS) is 19.0. The molecule has 0 N–H and O–H groups in total. The Balaban J connectivity index is 1.72. The van der Waals surface area contributed by atoms with Gasteiger partial charge in [0.2, 0.25) is 17.2 Å². The van der Waals surface area contributed by atoms with E-state index in [9.17, 15) is 9.59 Å². The third-order valence-electron chi connectivity index (χ3n) is 5.91. The highest BCUT2D eigenvalue weighted by molar-refractivity contribution is 9.10. The van der Waals surface area contributed by atoms with Crippen molar-refractivity contribution in [3.05, 3.63) is 142 Å². The third kappa shape index (κ3) is 4.03. The van der Waals surface area contributed by atoms with Crippen molar-refractivity contribution >= 4 is 27.5 Å². The predicted octanol–water partition coefficient (Wildman–Crippen LogP) is 6.74. The van der Waals surface area contributed by atoms with E-state index in [0.29, 0.717) is 16.7 Å². The zero-order chi connectivity index (χ0) is 23.5. The second kappa shape index (κ2) is 9.47. The minimum atomic E-state index is -1.91. The largest absolute Gasteiger partial charge is 0.336 e. The Labute approximate surface area is 206 Å². The van der Waals surface area contributed by atoms with Crippen molar-refractivity contribution in [2.24, 2.45) is 0 Å². The van der Waals surface area contributed by atoms with Crippen LogP contribution in [0.5, 0.6) is 0 Å². The molecule has 1 fully saturated rings. The Morgan fingerprint density at radius 1 is 0.618 bits per heavy atom. The molecule has 4 aromatic rings. The quantitative estimate of drug-likeness (QED) is 0.212. The Morgan fingerprint density at radius 3 is 1.59 bits per heavy atom. The molecular weight excluding hydrogens is 492 g/mol. The molecule has 5 rings (SSSR count). The van der Waals surface area contributed by atoms with Crippen molar-refractivity contribution in [2.45, 2.75) is 18.0 Å². The number of ketones is 2. The number of carbonyl (C=O) groups is 2. The van der Waals surface area contributed by atoms with Crippen molar-refractivity contribution in [3.8, 4) is 0 Å². The Bertz CT molecular complexity index is 1240. The monoisotopic (exact) mass is 512 g/mol. The lowest BCUT2D eigenvalue weighted by atomic mass is 9.78. The summed E-state index contributed by atoms with van der Waals surface area (Å²) in [6.07, 6.45) is -1.85. The Hall–Kier alpha value is -3.38. The Kier molecular flexibility index (Phi) is 6.24. The molecule has 34 heavy (non-hydrogen) atoms. The number of halogens is 1. The van der Waals surface area contributed by atoms with Gasteiger partial charge in [0.15, 0.2) is 6.29 Å². The van der Waals surface area contributed by atoms with E-state index < -0.39 is 29.6 Å². The zero-order valence-corrected chi connectivity index (χ0v) is 19.7.